The van der Waals surface area contributed by atoms with Gasteiger partial charge in [-0.15, -0.1) is 0 Å². The molecule has 0 saturated heterocycles. The van der Waals surface area contributed by atoms with Gasteiger partial charge in [0.2, 0.25) is 0 Å². The average Bonchev–Trinajstić information content (AvgIpc) is 2.37. The maximum atomic E-state index is 4.69. The first-order valence-corrected chi connectivity index (χ1v) is 6.36. The molecule has 0 atom stereocenters. The standard InChI is InChI=1S/C17H19N/c1-5-9-13-15(6-2)18-16-11-8-7-10-14(16)17(13)12(3)4/h5-12H,2H2,1,3-4H3/b9-5-. The Kier molecular flexibility index (Phi) is 3.61. The molecule has 0 fully saturated rings. The Morgan fingerprint density at radius 3 is 2.56 bits per heavy atom. The molecular formula is C17H19N. The topological polar surface area (TPSA) is 12.9 Å². The van der Waals surface area contributed by atoms with Crippen LogP contribution in [0.4, 0.5) is 0 Å². The van der Waals surface area contributed by atoms with Crippen molar-refractivity contribution in [3.8, 4) is 0 Å². The number of hydrogen-bond donors (Lipinski definition) is 0. The number of rotatable bonds is 3. The number of allylic oxidation sites excluding steroid dienone is 1. The molecule has 0 radical (unpaired) electrons. The van der Waals surface area contributed by atoms with E-state index in [2.05, 4.69) is 55.8 Å². The Hall–Kier alpha value is -1.89. The minimum atomic E-state index is 0.461. The molecule has 1 heterocycles. The van der Waals surface area contributed by atoms with E-state index in [4.69, 9.17) is 0 Å². The average molecular weight is 237 g/mol. The van der Waals surface area contributed by atoms with Crippen LogP contribution >= 0.6 is 0 Å². The highest BCUT2D eigenvalue weighted by Gasteiger charge is 2.13. The highest BCUT2D eigenvalue weighted by molar-refractivity contribution is 5.88. The van der Waals surface area contributed by atoms with Crippen molar-refractivity contribution in [1.29, 1.82) is 0 Å². The minimum Gasteiger partial charge on any atom is -0.248 e. The molecule has 0 spiro atoms. The van der Waals surface area contributed by atoms with Crippen molar-refractivity contribution in [2.75, 3.05) is 0 Å². The van der Waals surface area contributed by atoms with E-state index >= 15 is 0 Å². The molecule has 0 unspecified atom stereocenters. The van der Waals surface area contributed by atoms with Crippen LogP contribution in [0, 0.1) is 0 Å². The number of nitrogens with zero attached hydrogens (tertiary/aromatic N) is 1. The van der Waals surface area contributed by atoms with E-state index in [1.165, 1.54) is 16.5 Å². The van der Waals surface area contributed by atoms with Crippen molar-refractivity contribution >= 4 is 23.1 Å². The number of para-hydroxylation sites is 1. The third-order valence-corrected chi connectivity index (χ3v) is 3.11. The zero-order valence-corrected chi connectivity index (χ0v) is 11.3. The molecule has 0 saturated carbocycles. The monoisotopic (exact) mass is 237 g/mol. The van der Waals surface area contributed by atoms with Gasteiger partial charge in [-0.05, 0) is 30.5 Å². The summed E-state index contributed by atoms with van der Waals surface area (Å²) in [6, 6.07) is 8.32. The molecule has 92 valence electrons. The van der Waals surface area contributed by atoms with Crippen molar-refractivity contribution in [2.45, 2.75) is 26.7 Å². The summed E-state index contributed by atoms with van der Waals surface area (Å²) in [5.74, 6) is 0.461. The van der Waals surface area contributed by atoms with Gasteiger partial charge in [0.1, 0.15) is 0 Å². The van der Waals surface area contributed by atoms with Crippen LogP contribution in [0.25, 0.3) is 23.1 Å². The number of benzene rings is 1. The van der Waals surface area contributed by atoms with Gasteiger partial charge < -0.3 is 0 Å². The lowest BCUT2D eigenvalue weighted by Gasteiger charge is -2.16. The molecule has 18 heavy (non-hydrogen) atoms. The van der Waals surface area contributed by atoms with Gasteiger partial charge in [-0.1, -0.05) is 50.8 Å². The Bertz CT molecular complexity index is 606. The highest BCUT2D eigenvalue weighted by Crippen LogP contribution is 2.31. The largest absolute Gasteiger partial charge is 0.248 e. The van der Waals surface area contributed by atoms with Gasteiger partial charge in [0, 0.05) is 10.9 Å². The number of hydrogen-bond acceptors (Lipinski definition) is 1. The molecule has 0 aliphatic rings. The normalized spacial score (nSPS) is 11.6. The first-order valence-electron chi connectivity index (χ1n) is 6.36. The number of pyridine rings is 1. The minimum absolute atomic E-state index is 0.461. The van der Waals surface area contributed by atoms with Crippen molar-refractivity contribution in [2.24, 2.45) is 0 Å². The van der Waals surface area contributed by atoms with Crippen molar-refractivity contribution in [3.63, 3.8) is 0 Å². The van der Waals surface area contributed by atoms with Crippen LogP contribution in [0.15, 0.2) is 36.9 Å². The van der Waals surface area contributed by atoms with E-state index in [1.807, 2.05) is 19.1 Å². The molecule has 0 amide bonds. The van der Waals surface area contributed by atoms with Gasteiger partial charge in [0.05, 0.1) is 11.2 Å². The van der Waals surface area contributed by atoms with Gasteiger partial charge >= 0.3 is 0 Å². The molecule has 1 nitrogen and oxygen atoms in total. The van der Waals surface area contributed by atoms with Gasteiger partial charge in [0.25, 0.3) is 0 Å². The summed E-state index contributed by atoms with van der Waals surface area (Å²) in [5, 5.41) is 1.24. The second-order valence-corrected chi connectivity index (χ2v) is 4.70. The van der Waals surface area contributed by atoms with Crippen LogP contribution in [0.1, 0.15) is 43.5 Å². The van der Waals surface area contributed by atoms with E-state index in [0.29, 0.717) is 5.92 Å². The first kappa shape index (κ1) is 12.6. The highest BCUT2D eigenvalue weighted by atomic mass is 14.7. The maximum Gasteiger partial charge on any atom is 0.0712 e. The molecule has 0 N–H and O–H groups in total. The molecule has 0 bridgehead atoms. The van der Waals surface area contributed by atoms with Crippen LogP contribution in [-0.2, 0) is 0 Å². The quantitative estimate of drug-likeness (QED) is 0.729. The fraction of sp³-hybridized carbons (Fsp3) is 0.235. The maximum absolute atomic E-state index is 4.69. The summed E-state index contributed by atoms with van der Waals surface area (Å²) in [6.45, 7) is 10.4. The van der Waals surface area contributed by atoms with Crippen molar-refractivity contribution in [3.05, 3.63) is 53.7 Å². The van der Waals surface area contributed by atoms with E-state index in [1.54, 1.807) is 0 Å². The Balaban J connectivity index is 2.93. The predicted molar refractivity (Wildman–Crippen MR) is 80.6 cm³/mol. The molecule has 2 rings (SSSR count). The first-order chi connectivity index (χ1) is 8.69. The third-order valence-electron chi connectivity index (χ3n) is 3.11. The van der Waals surface area contributed by atoms with Crippen LogP contribution in [0.2, 0.25) is 0 Å². The van der Waals surface area contributed by atoms with E-state index in [9.17, 15) is 0 Å². The lowest BCUT2D eigenvalue weighted by Crippen LogP contribution is -2.00. The van der Waals surface area contributed by atoms with Crippen molar-refractivity contribution in [1.82, 2.24) is 4.98 Å². The Morgan fingerprint density at radius 2 is 1.94 bits per heavy atom. The Labute approximate surface area is 109 Å². The summed E-state index contributed by atoms with van der Waals surface area (Å²) in [4.78, 5) is 4.69. The van der Waals surface area contributed by atoms with Gasteiger partial charge in [0.15, 0.2) is 0 Å². The summed E-state index contributed by atoms with van der Waals surface area (Å²) >= 11 is 0. The fourth-order valence-electron chi connectivity index (χ4n) is 2.39. The molecule has 0 aliphatic carbocycles. The summed E-state index contributed by atoms with van der Waals surface area (Å²) in [5.41, 5.74) is 4.56. The molecule has 2 aromatic rings. The number of aromatic nitrogens is 1. The third kappa shape index (κ3) is 2.08. The van der Waals surface area contributed by atoms with Crippen molar-refractivity contribution < 1.29 is 0 Å². The summed E-state index contributed by atoms with van der Waals surface area (Å²) in [7, 11) is 0. The predicted octanol–water partition coefficient (Wildman–Crippen LogP) is 5.03. The second kappa shape index (κ2) is 5.18. The van der Waals surface area contributed by atoms with Crippen LogP contribution in [-0.4, -0.2) is 4.98 Å². The SMILES string of the molecule is C=Cc1nc2ccccc2c(C(C)C)c1/C=C\C. The molecule has 1 aromatic carbocycles. The summed E-state index contributed by atoms with van der Waals surface area (Å²) < 4.78 is 0. The van der Waals surface area contributed by atoms with E-state index < -0.39 is 0 Å². The van der Waals surface area contributed by atoms with Gasteiger partial charge in [-0.25, -0.2) is 4.98 Å². The van der Waals surface area contributed by atoms with Crippen LogP contribution in [0.5, 0.6) is 0 Å². The van der Waals surface area contributed by atoms with Gasteiger partial charge in [-0.3, -0.25) is 0 Å². The summed E-state index contributed by atoms with van der Waals surface area (Å²) in [6.07, 6.45) is 6.03. The van der Waals surface area contributed by atoms with Crippen LogP contribution in [0.3, 0.4) is 0 Å². The second-order valence-electron chi connectivity index (χ2n) is 4.70. The molecule has 1 aromatic heterocycles. The lowest BCUT2D eigenvalue weighted by atomic mass is 9.91. The number of fused-ring (bicyclic) bond motifs is 1. The molecule has 0 aliphatic heterocycles. The fourth-order valence-corrected chi connectivity index (χ4v) is 2.39. The zero-order chi connectivity index (χ0) is 13.1. The lowest BCUT2D eigenvalue weighted by molar-refractivity contribution is 0.870. The Morgan fingerprint density at radius 1 is 1.22 bits per heavy atom. The molecule has 1 heteroatoms. The smallest absolute Gasteiger partial charge is 0.0712 e. The van der Waals surface area contributed by atoms with E-state index in [0.717, 1.165) is 11.2 Å². The van der Waals surface area contributed by atoms with E-state index in [-0.39, 0.29) is 0 Å². The van der Waals surface area contributed by atoms with Crippen LogP contribution < -0.4 is 0 Å². The zero-order valence-electron chi connectivity index (χ0n) is 11.3. The molecular weight excluding hydrogens is 218 g/mol. The van der Waals surface area contributed by atoms with Gasteiger partial charge in [-0.2, -0.15) is 0 Å².